The van der Waals surface area contributed by atoms with Crippen molar-refractivity contribution in [1.82, 2.24) is 0 Å². The summed E-state index contributed by atoms with van der Waals surface area (Å²) in [4.78, 5) is 12.6. The molecule has 200 valence electrons. The van der Waals surface area contributed by atoms with E-state index in [1.54, 1.807) is 12.1 Å². The first-order chi connectivity index (χ1) is 17.0. The monoisotopic (exact) mass is 517 g/mol. The minimum atomic E-state index is -0.395. The normalized spacial score (nSPS) is 44.8. The molecule has 0 aromatic heterocycles. The van der Waals surface area contributed by atoms with Gasteiger partial charge in [-0.3, -0.25) is 4.79 Å². The van der Waals surface area contributed by atoms with Crippen molar-refractivity contribution in [2.45, 2.75) is 96.9 Å². The van der Waals surface area contributed by atoms with Crippen LogP contribution in [0.5, 0.6) is 0 Å². The fourth-order valence-electron chi connectivity index (χ4n) is 9.48. The molecule has 0 bridgehead atoms. The van der Waals surface area contributed by atoms with Crippen molar-refractivity contribution in [3.63, 3.8) is 0 Å². The van der Waals surface area contributed by atoms with Crippen LogP contribution in [-0.4, -0.2) is 39.5 Å². The SMILES string of the molecule is C[C@H](CCC(=O)Nc1cccc(Cl)c1)[C@H]1CCC2C3C(C[C@H](O)[C@@]21C)[C@@]1(C)CC[C@@H](O)CC1C[C@H]3O. The predicted molar refractivity (Wildman–Crippen MR) is 142 cm³/mol. The van der Waals surface area contributed by atoms with Gasteiger partial charge in [0.25, 0.3) is 0 Å². The Bertz CT molecular complexity index is 972. The molecule has 0 aliphatic heterocycles. The molecule has 0 saturated heterocycles. The van der Waals surface area contributed by atoms with Crippen LogP contribution in [0.2, 0.25) is 5.02 Å². The van der Waals surface area contributed by atoms with E-state index in [4.69, 9.17) is 11.6 Å². The van der Waals surface area contributed by atoms with Gasteiger partial charge in [-0.15, -0.1) is 0 Å². The van der Waals surface area contributed by atoms with Crippen LogP contribution < -0.4 is 5.32 Å². The zero-order valence-corrected chi connectivity index (χ0v) is 22.8. The molecule has 4 saturated carbocycles. The number of anilines is 1. The molecule has 6 heteroatoms. The van der Waals surface area contributed by atoms with Crippen LogP contribution >= 0.6 is 11.6 Å². The molecule has 4 aliphatic carbocycles. The van der Waals surface area contributed by atoms with E-state index in [-0.39, 0.29) is 34.9 Å². The van der Waals surface area contributed by atoms with Crippen molar-refractivity contribution in [2.75, 3.05) is 5.32 Å². The second-order valence-electron chi connectivity index (χ2n) is 13.1. The van der Waals surface area contributed by atoms with Gasteiger partial charge in [-0.1, -0.05) is 38.4 Å². The Labute approximate surface area is 221 Å². The highest BCUT2D eigenvalue weighted by molar-refractivity contribution is 6.30. The van der Waals surface area contributed by atoms with Gasteiger partial charge in [0.2, 0.25) is 5.91 Å². The summed E-state index contributed by atoms with van der Waals surface area (Å²) in [5, 5.41) is 37.0. The number of benzene rings is 1. The van der Waals surface area contributed by atoms with Crippen LogP contribution in [0.3, 0.4) is 0 Å². The molecule has 1 aromatic carbocycles. The summed E-state index contributed by atoms with van der Waals surface area (Å²) < 4.78 is 0. The quantitative estimate of drug-likeness (QED) is 0.406. The molecule has 1 aromatic rings. The predicted octanol–water partition coefficient (Wildman–Crippen LogP) is 5.66. The number of aliphatic hydroxyl groups is 3. The highest BCUT2D eigenvalue weighted by Crippen LogP contribution is 2.68. The lowest BCUT2D eigenvalue weighted by molar-refractivity contribution is -0.207. The Morgan fingerprint density at radius 3 is 2.64 bits per heavy atom. The Morgan fingerprint density at radius 2 is 1.89 bits per heavy atom. The van der Waals surface area contributed by atoms with Crippen LogP contribution in [0.1, 0.15) is 78.6 Å². The number of hydrogen-bond acceptors (Lipinski definition) is 4. The van der Waals surface area contributed by atoms with E-state index in [0.717, 1.165) is 57.1 Å². The molecule has 36 heavy (non-hydrogen) atoms. The number of halogens is 1. The molecule has 4 unspecified atom stereocenters. The highest BCUT2D eigenvalue weighted by atomic mass is 35.5. The smallest absolute Gasteiger partial charge is 0.224 e. The fourth-order valence-corrected chi connectivity index (χ4v) is 9.67. The van der Waals surface area contributed by atoms with E-state index in [1.165, 1.54) is 0 Å². The van der Waals surface area contributed by atoms with Crippen molar-refractivity contribution in [3.8, 4) is 0 Å². The van der Waals surface area contributed by atoms with E-state index in [2.05, 4.69) is 26.1 Å². The first-order valence-electron chi connectivity index (χ1n) is 14.1. The number of fused-ring (bicyclic) bond motifs is 5. The summed E-state index contributed by atoms with van der Waals surface area (Å²) in [6.07, 6.45) is 6.44. The fraction of sp³-hybridized carbons (Fsp3) is 0.767. The number of hydrogen-bond donors (Lipinski definition) is 4. The van der Waals surface area contributed by atoms with E-state index in [1.807, 2.05) is 12.1 Å². The Hall–Kier alpha value is -1.14. The van der Waals surface area contributed by atoms with Crippen molar-refractivity contribution in [3.05, 3.63) is 29.3 Å². The van der Waals surface area contributed by atoms with Gasteiger partial charge < -0.3 is 20.6 Å². The Balaban J connectivity index is 1.28. The molecule has 5 rings (SSSR count). The van der Waals surface area contributed by atoms with Gasteiger partial charge >= 0.3 is 0 Å². The van der Waals surface area contributed by atoms with E-state index in [9.17, 15) is 20.1 Å². The number of nitrogens with one attached hydrogen (secondary N) is 1. The van der Waals surface area contributed by atoms with Gasteiger partial charge in [-0.25, -0.2) is 0 Å². The lowest BCUT2D eigenvalue weighted by Crippen LogP contribution is -2.62. The van der Waals surface area contributed by atoms with Crippen LogP contribution in [0.25, 0.3) is 0 Å². The minimum absolute atomic E-state index is 0.00534. The lowest BCUT2D eigenvalue weighted by atomic mass is 9.43. The van der Waals surface area contributed by atoms with Crippen LogP contribution in [0.15, 0.2) is 24.3 Å². The second kappa shape index (κ2) is 9.87. The summed E-state index contributed by atoms with van der Waals surface area (Å²) in [6, 6.07) is 7.22. The topological polar surface area (TPSA) is 89.8 Å². The van der Waals surface area contributed by atoms with Crippen LogP contribution in [0, 0.1) is 46.3 Å². The summed E-state index contributed by atoms with van der Waals surface area (Å²) in [5.41, 5.74) is 0.575. The Kier molecular flexibility index (Phi) is 7.26. The maximum Gasteiger partial charge on any atom is 0.224 e. The third-order valence-electron chi connectivity index (χ3n) is 11.5. The zero-order chi connectivity index (χ0) is 25.8. The molecule has 4 fully saturated rings. The molecule has 0 heterocycles. The van der Waals surface area contributed by atoms with Crippen LogP contribution in [0.4, 0.5) is 5.69 Å². The van der Waals surface area contributed by atoms with Crippen molar-refractivity contribution in [1.29, 1.82) is 0 Å². The number of amides is 1. The van der Waals surface area contributed by atoms with Gasteiger partial charge in [0, 0.05) is 17.1 Å². The third kappa shape index (κ3) is 4.42. The zero-order valence-electron chi connectivity index (χ0n) is 22.0. The maximum atomic E-state index is 12.6. The average molecular weight is 518 g/mol. The van der Waals surface area contributed by atoms with Gasteiger partial charge in [0.15, 0.2) is 0 Å². The summed E-state index contributed by atoms with van der Waals surface area (Å²) in [7, 11) is 0. The summed E-state index contributed by atoms with van der Waals surface area (Å²) in [6.45, 7) is 6.88. The first kappa shape index (κ1) is 26.5. The molecule has 4 N–H and O–H groups in total. The number of carbonyl (C=O) groups excluding carboxylic acids is 1. The largest absolute Gasteiger partial charge is 0.393 e. The van der Waals surface area contributed by atoms with Gasteiger partial charge in [0.05, 0.1) is 18.3 Å². The van der Waals surface area contributed by atoms with Crippen molar-refractivity contribution >= 4 is 23.2 Å². The summed E-state index contributed by atoms with van der Waals surface area (Å²) in [5.74, 6) is 1.81. The minimum Gasteiger partial charge on any atom is -0.393 e. The number of rotatable bonds is 5. The van der Waals surface area contributed by atoms with E-state index in [0.29, 0.717) is 41.0 Å². The van der Waals surface area contributed by atoms with Gasteiger partial charge in [-0.2, -0.15) is 0 Å². The highest BCUT2D eigenvalue weighted by Gasteiger charge is 2.65. The molecule has 1 amide bonds. The maximum absolute atomic E-state index is 12.6. The van der Waals surface area contributed by atoms with Crippen molar-refractivity contribution in [2.24, 2.45) is 46.3 Å². The first-order valence-corrected chi connectivity index (χ1v) is 14.5. The molecule has 0 spiro atoms. The van der Waals surface area contributed by atoms with Crippen LogP contribution in [-0.2, 0) is 4.79 Å². The molecule has 4 aliphatic rings. The van der Waals surface area contributed by atoms with E-state index >= 15 is 0 Å². The Morgan fingerprint density at radius 1 is 1.11 bits per heavy atom. The molecular weight excluding hydrogens is 474 g/mol. The standard InChI is InChI=1S/C30H44ClNO4/c1-17(7-10-27(36)32-20-6-4-5-19(31)15-20)22-8-9-23-28-24(16-26(35)30(22,23)3)29(2)12-11-21(33)13-18(29)14-25(28)34/h4-6,15,17-18,21-26,28,33-35H,7-14,16H2,1-3H3,(H,32,36)/t17-,18?,21-,22-,23?,24?,25-,26+,28?,29+,30-/m1/s1. The van der Waals surface area contributed by atoms with E-state index < -0.39 is 6.10 Å². The average Bonchev–Trinajstić information content (AvgIpc) is 3.18. The molecular formula is C30H44ClNO4. The lowest BCUT2D eigenvalue weighted by Gasteiger charge is -2.63. The number of aliphatic hydroxyl groups excluding tert-OH is 3. The van der Waals surface area contributed by atoms with Gasteiger partial charge in [0.1, 0.15) is 0 Å². The van der Waals surface area contributed by atoms with Gasteiger partial charge in [-0.05, 0) is 116 Å². The number of carbonyl (C=O) groups is 1. The molecule has 0 radical (unpaired) electrons. The summed E-state index contributed by atoms with van der Waals surface area (Å²) >= 11 is 6.04. The van der Waals surface area contributed by atoms with Crippen molar-refractivity contribution < 1.29 is 20.1 Å². The third-order valence-corrected chi connectivity index (χ3v) is 11.7. The second-order valence-corrected chi connectivity index (χ2v) is 13.5. The molecule has 11 atom stereocenters. The molecule has 5 nitrogen and oxygen atoms in total.